The standard InChI is InChI=1S/C14H27N3O2/c1-10(2)7-13-15-11(3)14(18)17(13)9-12-8-16(4)5-6-19-12/h10-13,15H,5-9H2,1-4H3. The van der Waals surface area contributed by atoms with Gasteiger partial charge in [0, 0.05) is 19.6 Å². The molecule has 0 aromatic rings. The van der Waals surface area contributed by atoms with E-state index in [1.54, 1.807) is 0 Å². The van der Waals surface area contributed by atoms with Gasteiger partial charge in [-0.3, -0.25) is 10.1 Å². The fourth-order valence-corrected chi connectivity index (χ4v) is 2.91. The zero-order valence-electron chi connectivity index (χ0n) is 12.6. The predicted octanol–water partition coefficient (Wildman–Crippen LogP) is 0.510. The van der Waals surface area contributed by atoms with Crippen molar-refractivity contribution in [2.45, 2.75) is 45.5 Å². The van der Waals surface area contributed by atoms with Crippen LogP contribution in [0.15, 0.2) is 0 Å². The lowest BCUT2D eigenvalue weighted by Crippen LogP contribution is -2.49. The van der Waals surface area contributed by atoms with E-state index in [1.807, 2.05) is 11.8 Å². The summed E-state index contributed by atoms with van der Waals surface area (Å²) in [6.07, 6.45) is 1.31. The fraction of sp³-hybridized carbons (Fsp3) is 0.929. The van der Waals surface area contributed by atoms with Gasteiger partial charge in [0.25, 0.3) is 0 Å². The van der Waals surface area contributed by atoms with E-state index in [4.69, 9.17) is 4.74 Å². The average Bonchev–Trinajstić information content (AvgIpc) is 2.56. The highest BCUT2D eigenvalue weighted by molar-refractivity contribution is 5.83. The third kappa shape index (κ3) is 3.68. The summed E-state index contributed by atoms with van der Waals surface area (Å²) >= 11 is 0. The first-order chi connectivity index (χ1) is 8.97. The Morgan fingerprint density at radius 3 is 2.84 bits per heavy atom. The van der Waals surface area contributed by atoms with Crippen LogP contribution < -0.4 is 5.32 Å². The number of morpholine rings is 1. The highest BCUT2D eigenvalue weighted by Gasteiger charge is 2.38. The van der Waals surface area contributed by atoms with Crippen molar-refractivity contribution in [1.29, 1.82) is 0 Å². The van der Waals surface area contributed by atoms with Gasteiger partial charge in [0.15, 0.2) is 0 Å². The van der Waals surface area contributed by atoms with Crippen LogP contribution >= 0.6 is 0 Å². The Balaban J connectivity index is 1.96. The van der Waals surface area contributed by atoms with Crippen molar-refractivity contribution in [3.63, 3.8) is 0 Å². The van der Waals surface area contributed by atoms with Crippen molar-refractivity contribution < 1.29 is 9.53 Å². The van der Waals surface area contributed by atoms with Crippen molar-refractivity contribution in [1.82, 2.24) is 15.1 Å². The molecule has 2 aliphatic rings. The van der Waals surface area contributed by atoms with Gasteiger partial charge in [-0.2, -0.15) is 0 Å². The van der Waals surface area contributed by atoms with Gasteiger partial charge < -0.3 is 14.5 Å². The van der Waals surface area contributed by atoms with E-state index < -0.39 is 0 Å². The van der Waals surface area contributed by atoms with Crippen LogP contribution in [0.25, 0.3) is 0 Å². The zero-order chi connectivity index (χ0) is 14.0. The molecule has 1 amide bonds. The second-order valence-corrected chi connectivity index (χ2v) is 6.28. The summed E-state index contributed by atoms with van der Waals surface area (Å²) in [5, 5.41) is 3.39. The van der Waals surface area contributed by atoms with Crippen LogP contribution in [-0.2, 0) is 9.53 Å². The molecule has 2 saturated heterocycles. The van der Waals surface area contributed by atoms with Crippen molar-refractivity contribution in [3.05, 3.63) is 0 Å². The third-order valence-corrected chi connectivity index (χ3v) is 3.91. The van der Waals surface area contributed by atoms with Crippen LogP contribution in [0.4, 0.5) is 0 Å². The molecular weight excluding hydrogens is 242 g/mol. The van der Waals surface area contributed by atoms with Gasteiger partial charge in [0.2, 0.25) is 5.91 Å². The summed E-state index contributed by atoms with van der Waals surface area (Å²) in [4.78, 5) is 16.5. The molecule has 0 spiro atoms. The van der Waals surface area contributed by atoms with E-state index in [0.29, 0.717) is 12.5 Å². The van der Waals surface area contributed by atoms with E-state index in [0.717, 1.165) is 26.1 Å². The second-order valence-electron chi connectivity index (χ2n) is 6.28. The van der Waals surface area contributed by atoms with Crippen molar-refractivity contribution in [2.24, 2.45) is 5.92 Å². The maximum absolute atomic E-state index is 12.2. The number of nitrogens with zero attached hydrogens (tertiary/aromatic N) is 2. The molecule has 3 atom stereocenters. The molecule has 2 fully saturated rings. The summed E-state index contributed by atoms with van der Waals surface area (Å²) in [5.74, 6) is 0.788. The normalized spacial score (nSPS) is 33.4. The molecule has 2 heterocycles. The third-order valence-electron chi connectivity index (χ3n) is 3.91. The Hall–Kier alpha value is -0.650. The van der Waals surface area contributed by atoms with Gasteiger partial charge in [0.05, 0.1) is 24.9 Å². The van der Waals surface area contributed by atoms with E-state index in [-0.39, 0.29) is 24.2 Å². The first kappa shape index (κ1) is 14.8. The van der Waals surface area contributed by atoms with Gasteiger partial charge in [-0.15, -0.1) is 0 Å². The zero-order valence-corrected chi connectivity index (χ0v) is 12.6. The summed E-state index contributed by atoms with van der Waals surface area (Å²) in [7, 11) is 2.10. The van der Waals surface area contributed by atoms with Gasteiger partial charge >= 0.3 is 0 Å². The van der Waals surface area contributed by atoms with Gasteiger partial charge in [-0.1, -0.05) is 13.8 Å². The second kappa shape index (κ2) is 6.20. The number of carbonyl (C=O) groups is 1. The Bertz CT molecular complexity index is 322. The number of ether oxygens (including phenoxy) is 1. The number of rotatable bonds is 4. The van der Waals surface area contributed by atoms with Crippen LogP contribution in [0.3, 0.4) is 0 Å². The Morgan fingerprint density at radius 2 is 2.21 bits per heavy atom. The highest BCUT2D eigenvalue weighted by atomic mass is 16.5. The van der Waals surface area contributed by atoms with Crippen molar-refractivity contribution >= 4 is 5.91 Å². The smallest absolute Gasteiger partial charge is 0.240 e. The number of nitrogens with one attached hydrogen (secondary N) is 1. The topological polar surface area (TPSA) is 44.8 Å². The van der Waals surface area contributed by atoms with Crippen LogP contribution in [0.5, 0.6) is 0 Å². The van der Waals surface area contributed by atoms with Crippen LogP contribution in [0.1, 0.15) is 27.2 Å². The molecule has 2 rings (SSSR count). The predicted molar refractivity (Wildman–Crippen MR) is 74.8 cm³/mol. The molecule has 0 saturated carbocycles. The molecule has 2 aliphatic heterocycles. The lowest BCUT2D eigenvalue weighted by atomic mass is 10.1. The molecule has 110 valence electrons. The van der Waals surface area contributed by atoms with Crippen LogP contribution in [-0.4, -0.2) is 67.3 Å². The first-order valence-electron chi connectivity index (χ1n) is 7.34. The minimum absolute atomic E-state index is 0.0647. The number of hydrogen-bond donors (Lipinski definition) is 1. The molecule has 5 nitrogen and oxygen atoms in total. The molecule has 0 radical (unpaired) electrons. The summed E-state index contributed by atoms with van der Waals surface area (Å²) in [6, 6.07) is -0.0647. The molecule has 19 heavy (non-hydrogen) atoms. The lowest BCUT2D eigenvalue weighted by Gasteiger charge is -2.34. The largest absolute Gasteiger partial charge is 0.374 e. The fourth-order valence-electron chi connectivity index (χ4n) is 2.91. The molecular formula is C14H27N3O2. The summed E-state index contributed by atoms with van der Waals surface area (Å²) in [6.45, 7) is 9.69. The minimum Gasteiger partial charge on any atom is -0.374 e. The lowest BCUT2D eigenvalue weighted by molar-refractivity contribution is -0.133. The van der Waals surface area contributed by atoms with Gasteiger partial charge in [-0.05, 0) is 26.3 Å². The highest BCUT2D eigenvalue weighted by Crippen LogP contribution is 2.19. The first-order valence-corrected chi connectivity index (χ1v) is 7.34. The number of amides is 1. The Labute approximate surface area is 116 Å². The minimum atomic E-state index is -0.0647. The van der Waals surface area contributed by atoms with Gasteiger partial charge in [0.1, 0.15) is 0 Å². The number of hydrogen-bond acceptors (Lipinski definition) is 4. The molecule has 0 aromatic heterocycles. The maximum Gasteiger partial charge on any atom is 0.240 e. The average molecular weight is 269 g/mol. The molecule has 0 bridgehead atoms. The molecule has 0 aliphatic carbocycles. The monoisotopic (exact) mass is 269 g/mol. The Kier molecular flexibility index (Phi) is 4.81. The van der Waals surface area contributed by atoms with Crippen LogP contribution in [0.2, 0.25) is 0 Å². The number of likely N-dealkylation sites (N-methyl/N-ethyl adjacent to an activating group) is 1. The van der Waals surface area contributed by atoms with Crippen molar-refractivity contribution in [2.75, 3.05) is 33.3 Å². The summed E-state index contributed by atoms with van der Waals surface area (Å²) in [5.41, 5.74) is 0. The quantitative estimate of drug-likeness (QED) is 0.808. The summed E-state index contributed by atoms with van der Waals surface area (Å²) < 4.78 is 5.78. The van der Waals surface area contributed by atoms with E-state index in [9.17, 15) is 4.79 Å². The van der Waals surface area contributed by atoms with E-state index >= 15 is 0 Å². The van der Waals surface area contributed by atoms with Crippen LogP contribution in [0, 0.1) is 5.92 Å². The molecule has 1 N–H and O–H groups in total. The molecule has 0 aromatic carbocycles. The maximum atomic E-state index is 12.2. The van der Waals surface area contributed by atoms with Crippen molar-refractivity contribution in [3.8, 4) is 0 Å². The van der Waals surface area contributed by atoms with E-state index in [1.165, 1.54) is 0 Å². The Morgan fingerprint density at radius 1 is 1.47 bits per heavy atom. The molecule has 3 unspecified atom stereocenters. The van der Waals surface area contributed by atoms with E-state index in [2.05, 4.69) is 31.1 Å². The van der Waals surface area contributed by atoms with Gasteiger partial charge in [-0.25, -0.2) is 0 Å². The SMILES string of the molecule is CC(C)CC1NC(C)C(=O)N1CC1CN(C)CCO1. The molecule has 5 heteroatoms. The number of carbonyl (C=O) groups excluding carboxylic acids is 1.